The van der Waals surface area contributed by atoms with Gasteiger partial charge in [0.15, 0.2) is 0 Å². The van der Waals surface area contributed by atoms with Crippen LogP contribution in [0.15, 0.2) is 24.5 Å². The van der Waals surface area contributed by atoms with Gasteiger partial charge in [-0.2, -0.15) is 0 Å². The zero-order chi connectivity index (χ0) is 30.7. The highest BCUT2D eigenvalue weighted by Gasteiger charge is 2.21. The van der Waals surface area contributed by atoms with Crippen molar-refractivity contribution in [3.8, 4) is 0 Å². The maximum absolute atomic E-state index is 12.8. The Bertz CT molecular complexity index is 816. The average Bonchev–Trinajstić information content (AvgIpc) is 2.97. The van der Waals surface area contributed by atoms with E-state index in [9.17, 15) is 14.4 Å². The average molecular weight is 587 g/mol. The Morgan fingerprint density at radius 2 is 1.17 bits per heavy atom. The van der Waals surface area contributed by atoms with Crippen LogP contribution in [-0.4, -0.2) is 35.3 Å². The summed E-state index contributed by atoms with van der Waals surface area (Å²) >= 11 is 0. The highest BCUT2D eigenvalue weighted by atomic mass is 16.2. The second-order valence-electron chi connectivity index (χ2n) is 12.3. The summed E-state index contributed by atoms with van der Waals surface area (Å²) in [6.45, 7) is 7.65. The fraction of sp³-hybridized carbons (Fsp3) is 0.771. The predicted molar refractivity (Wildman–Crippen MR) is 174 cm³/mol. The Labute approximate surface area is 257 Å². The van der Waals surface area contributed by atoms with Crippen LogP contribution in [0.1, 0.15) is 155 Å². The minimum atomic E-state index is -0.436. The first-order chi connectivity index (χ1) is 20.4. The molecule has 0 saturated heterocycles. The van der Waals surface area contributed by atoms with Gasteiger partial charge in [0.25, 0.3) is 0 Å². The Morgan fingerprint density at radius 3 is 1.71 bits per heavy atom. The molecule has 42 heavy (non-hydrogen) atoms. The highest BCUT2D eigenvalue weighted by molar-refractivity contribution is 5.87. The van der Waals surface area contributed by atoms with Crippen molar-refractivity contribution in [2.45, 2.75) is 162 Å². The summed E-state index contributed by atoms with van der Waals surface area (Å²) in [7, 11) is 0. The number of carbonyl (C=O) groups is 3. The molecule has 0 fully saturated rings. The topological polar surface area (TPSA) is 100 Å². The van der Waals surface area contributed by atoms with Gasteiger partial charge in [-0.25, -0.2) is 0 Å². The number of amides is 3. The van der Waals surface area contributed by atoms with Crippen molar-refractivity contribution in [2.24, 2.45) is 5.92 Å². The molecule has 7 nitrogen and oxygen atoms in total. The van der Waals surface area contributed by atoms with Gasteiger partial charge >= 0.3 is 0 Å². The van der Waals surface area contributed by atoms with Gasteiger partial charge in [-0.3, -0.25) is 19.4 Å². The molecule has 0 spiro atoms. The zero-order valence-electron chi connectivity index (χ0n) is 27.2. The smallest absolute Gasteiger partial charge is 0.242 e. The number of hydrogen-bond acceptors (Lipinski definition) is 4. The van der Waals surface area contributed by atoms with Crippen LogP contribution in [0.5, 0.6) is 0 Å². The van der Waals surface area contributed by atoms with Crippen molar-refractivity contribution in [1.82, 2.24) is 20.9 Å². The third-order valence-corrected chi connectivity index (χ3v) is 7.74. The van der Waals surface area contributed by atoms with E-state index in [2.05, 4.69) is 41.7 Å². The molecule has 1 heterocycles. The maximum Gasteiger partial charge on any atom is 0.242 e. The van der Waals surface area contributed by atoms with Gasteiger partial charge in [0.1, 0.15) is 6.04 Å². The van der Waals surface area contributed by atoms with Crippen molar-refractivity contribution >= 4 is 17.7 Å². The molecule has 3 amide bonds. The summed E-state index contributed by atoms with van der Waals surface area (Å²) in [4.78, 5) is 41.2. The quantitative estimate of drug-likeness (QED) is 0.0917. The summed E-state index contributed by atoms with van der Waals surface area (Å²) < 4.78 is 0. The number of hydrogen-bond donors (Lipinski definition) is 3. The minimum Gasteiger partial charge on any atom is -0.354 e. The normalized spacial score (nSPS) is 11.8. The van der Waals surface area contributed by atoms with E-state index in [-0.39, 0.29) is 17.7 Å². The molecule has 0 aliphatic rings. The van der Waals surface area contributed by atoms with Gasteiger partial charge in [-0.05, 0) is 49.3 Å². The first-order valence-electron chi connectivity index (χ1n) is 17.1. The van der Waals surface area contributed by atoms with E-state index in [4.69, 9.17) is 0 Å². The maximum atomic E-state index is 12.8. The summed E-state index contributed by atoms with van der Waals surface area (Å²) in [5, 5.41) is 9.02. The van der Waals surface area contributed by atoms with Crippen LogP contribution in [0.25, 0.3) is 0 Å². The van der Waals surface area contributed by atoms with Crippen molar-refractivity contribution < 1.29 is 14.4 Å². The van der Waals surface area contributed by atoms with Gasteiger partial charge in [-0.15, -0.1) is 0 Å². The van der Waals surface area contributed by atoms with E-state index in [0.29, 0.717) is 38.3 Å². The standard InChI is InChI=1S/C35H62N4O3/c1-4-5-6-7-8-9-13-16-19-22-34(41)39-32(28-30(2)3)35(42)37-25-20-17-14-11-10-12-15-18-21-33(40)38-29-31-23-26-36-27-24-31/h23-24,26-27,30,32H,4-22,25,28-29H2,1-3H3,(H,37,42)(H,38,40)(H,39,41)/t32-/m0/s1. The Hall–Kier alpha value is -2.44. The molecule has 0 aromatic carbocycles. The molecule has 0 unspecified atom stereocenters. The lowest BCUT2D eigenvalue weighted by Gasteiger charge is -2.20. The number of nitrogens with zero attached hydrogens (tertiary/aromatic N) is 1. The van der Waals surface area contributed by atoms with Gasteiger partial charge in [0, 0.05) is 38.3 Å². The van der Waals surface area contributed by atoms with E-state index in [1.807, 2.05) is 12.1 Å². The number of unbranched alkanes of at least 4 members (excludes halogenated alkanes) is 15. The van der Waals surface area contributed by atoms with Crippen LogP contribution in [-0.2, 0) is 20.9 Å². The highest BCUT2D eigenvalue weighted by Crippen LogP contribution is 2.12. The summed E-state index contributed by atoms with van der Waals surface area (Å²) in [5.41, 5.74) is 1.07. The molecule has 240 valence electrons. The molecule has 1 atom stereocenters. The molecule has 1 aromatic rings. The van der Waals surface area contributed by atoms with Gasteiger partial charge < -0.3 is 16.0 Å². The van der Waals surface area contributed by atoms with Crippen LogP contribution in [0.2, 0.25) is 0 Å². The van der Waals surface area contributed by atoms with Crippen molar-refractivity contribution in [3.63, 3.8) is 0 Å². The second kappa shape index (κ2) is 26.2. The lowest BCUT2D eigenvalue weighted by atomic mass is 10.0. The Balaban J connectivity index is 2.03. The fourth-order valence-corrected chi connectivity index (χ4v) is 5.16. The van der Waals surface area contributed by atoms with Crippen LogP contribution >= 0.6 is 0 Å². The summed E-state index contributed by atoms with van der Waals surface area (Å²) in [6.07, 6.45) is 25.1. The van der Waals surface area contributed by atoms with Crippen molar-refractivity contribution in [1.29, 1.82) is 0 Å². The van der Waals surface area contributed by atoms with E-state index in [0.717, 1.165) is 56.9 Å². The minimum absolute atomic E-state index is 0.00401. The monoisotopic (exact) mass is 586 g/mol. The number of rotatable bonds is 27. The summed E-state index contributed by atoms with van der Waals surface area (Å²) in [5.74, 6) is 0.413. The number of aromatic nitrogens is 1. The predicted octanol–water partition coefficient (Wildman–Crippen LogP) is 7.78. The zero-order valence-corrected chi connectivity index (χ0v) is 27.2. The first kappa shape index (κ1) is 37.6. The lowest BCUT2D eigenvalue weighted by molar-refractivity contribution is -0.129. The van der Waals surface area contributed by atoms with Gasteiger partial charge in [-0.1, -0.05) is 111 Å². The number of nitrogens with one attached hydrogen (secondary N) is 3. The largest absolute Gasteiger partial charge is 0.354 e. The molecule has 3 N–H and O–H groups in total. The van der Waals surface area contributed by atoms with Crippen LogP contribution in [0.3, 0.4) is 0 Å². The third kappa shape index (κ3) is 22.2. The molecule has 0 aliphatic heterocycles. The van der Waals surface area contributed by atoms with E-state index in [1.165, 1.54) is 57.8 Å². The van der Waals surface area contributed by atoms with E-state index < -0.39 is 6.04 Å². The van der Waals surface area contributed by atoms with Gasteiger partial charge in [0.05, 0.1) is 0 Å². The summed E-state index contributed by atoms with van der Waals surface area (Å²) in [6, 6.07) is 3.39. The number of pyridine rings is 1. The molecular weight excluding hydrogens is 524 g/mol. The molecule has 0 radical (unpaired) electrons. The van der Waals surface area contributed by atoms with Gasteiger partial charge in [0.2, 0.25) is 17.7 Å². The molecular formula is C35H62N4O3. The Kier molecular flexibility index (Phi) is 23.5. The Morgan fingerprint density at radius 1 is 0.667 bits per heavy atom. The molecule has 1 rings (SSSR count). The number of carbonyl (C=O) groups excluding carboxylic acids is 3. The molecule has 0 bridgehead atoms. The molecule has 7 heteroatoms. The van der Waals surface area contributed by atoms with Crippen LogP contribution in [0.4, 0.5) is 0 Å². The van der Waals surface area contributed by atoms with Crippen molar-refractivity contribution in [2.75, 3.05) is 6.54 Å². The molecule has 1 aromatic heterocycles. The van der Waals surface area contributed by atoms with Crippen molar-refractivity contribution in [3.05, 3.63) is 30.1 Å². The lowest BCUT2D eigenvalue weighted by Crippen LogP contribution is -2.47. The first-order valence-corrected chi connectivity index (χ1v) is 17.1. The molecule has 0 saturated carbocycles. The van der Waals surface area contributed by atoms with E-state index in [1.54, 1.807) is 12.4 Å². The van der Waals surface area contributed by atoms with Crippen LogP contribution in [0, 0.1) is 5.92 Å². The van der Waals surface area contributed by atoms with E-state index >= 15 is 0 Å². The van der Waals surface area contributed by atoms with Crippen LogP contribution < -0.4 is 16.0 Å². The molecule has 0 aliphatic carbocycles. The fourth-order valence-electron chi connectivity index (χ4n) is 5.16. The SMILES string of the molecule is CCCCCCCCCCCC(=O)N[C@@H](CC(C)C)C(=O)NCCCCCCCCCCC(=O)NCc1ccncc1. The second-order valence-corrected chi connectivity index (χ2v) is 12.3. The third-order valence-electron chi connectivity index (χ3n) is 7.74.